The Kier molecular flexibility index (Phi) is 7.11. The molecule has 0 bridgehead atoms. The van der Waals surface area contributed by atoms with Crippen molar-refractivity contribution in [2.75, 3.05) is 12.4 Å². The van der Waals surface area contributed by atoms with Crippen LogP contribution in [0.25, 0.3) is 0 Å². The van der Waals surface area contributed by atoms with Gasteiger partial charge in [-0.05, 0) is 43.3 Å². The summed E-state index contributed by atoms with van der Waals surface area (Å²) in [5, 5.41) is 4.56. The summed E-state index contributed by atoms with van der Waals surface area (Å²) >= 11 is 16.2. The number of halogens is 3. The average Bonchev–Trinajstić information content (AvgIpc) is 2.68. The van der Waals surface area contributed by atoms with Gasteiger partial charge in [0.15, 0.2) is 11.5 Å². The maximum Gasteiger partial charge on any atom is 0.167 e. The van der Waals surface area contributed by atoms with E-state index in [2.05, 4.69) is 40.3 Å². The van der Waals surface area contributed by atoms with Gasteiger partial charge in [-0.15, -0.1) is 0 Å². The van der Waals surface area contributed by atoms with Gasteiger partial charge in [0, 0.05) is 37.9 Å². The van der Waals surface area contributed by atoms with Crippen LogP contribution in [0.1, 0.15) is 16.7 Å². The van der Waals surface area contributed by atoms with Gasteiger partial charge in [-0.25, -0.2) is 0 Å². The molecule has 3 rings (SSSR count). The molecule has 0 saturated heterocycles. The first-order chi connectivity index (χ1) is 13.5. The number of anilines is 1. The van der Waals surface area contributed by atoms with Crippen molar-refractivity contribution in [2.24, 2.45) is 0 Å². The molecule has 0 aromatic heterocycles. The number of methoxy groups -OCH3 is 1. The zero-order valence-electron chi connectivity index (χ0n) is 15.6. The van der Waals surface area contributed by atoms with Crippen molar-refractivity contribution < 1.29 is 9.47 Å². The van der Waals surface area contributed by atoms with Crippen molar-refractivity contribution in [2.45, 2.75) is 20.1 Å². The Morgan fingerprint density at radius 3 is 2.25 bits per heavy atom. The fourth-order valence-electron chi connectivity index (χ4n) is 2.74. The van der Waals surface area contributed by atoms with Gasteiger partial charge >= 0.3 is 0 Å². The first-order valence-corrected chi connectivity index (χ1v) is 10.3. The predicted octanol–water partition coefficient (Wildman–Crippen LogP) is 7.26. The standard InChI is InChI=1S/C22H20BrCl2NO2/c1-14-6-8-15(9-7-14)26-12-16-18(23)10-11-21(27-2)22(16)28-13-17-19(24)4-3-5-20(17)25/h3-11,26H,12-13H2,1-2H3. The van der Waals surface area contributed by atoms with Gasteiger partial charge in [0.2, 0.25) is 0 Å². The molecule has 146 valence electrons. The van der Waals surface area contributed by atoms with E-state index in [0.29, 0.717) is 28.1 Å². The van der Waals surface area contributed by atoms with E-state index >= 15 is 0 Å². The number of hydrogen-bond donors (Lipinski definition) is 1. The van der Waals surface area contributed by atoms with Crippen LogP contribution < -0.4 is 14.8 Å². The zero-order valence-corrected chi connectivity index (χ0v) is 18.7. The fraction of sp³-hybridized carbons (Fsp3) is 0.182. The van der Waals surface area contributed by atoms with Crippen molar-refractivity contribution in [1.29, 1.82) is 0 Å². The van der Waals surface area contributed by atoms with E-state index in [1.165, 1.54) is 5.56 Å². The number of benzene rings is 3. The van der Waals surface area contributed by atoms with Crippen LogP contribution in [-0.4, -0.2) is 7.11 Å². The molecule has 3 aromatic rings. The average molecular weight is 481 g/mol. The van der Waals surface area contributed by atoms with E-state index in [1.807, 2.05) is 30.3 Å². The molecule has 0 atom stereocenters. The zero-order chi connectivity index (χ0) is 20.1. The van der Waals surface area contributed by atoms with Crippen molar-refractivity contribution in [1.82, 2.24) is 0 Å². The molecule has 0 fully saturated rings. The molecule has 0 unspecified atom stereocenters. The Morgan fingerprint density at radius 2 is 1.61 bits per heavy atom. The van der Waals surface area contributed by atoms with Crippen LogP contribution in [0.15, 0.2) is 59.1 Å². The molecule has 0 radical (unpaired) electrons. The van der Waals surface area contributed by atoms with Crippen molar-refractivity contribution in [3.63, 3.8) is 0 Å². The molecule has 0 spiro atoms. The molecule has 0 aliphatic rings. The number of ether oxygens (including phenoxy) is 2. The van der Waals surface area contributed by atoms with Gasteiger partial charge in [-0.1, -0.05) is 62.9 Å². The highest BCUT2D eigenvalue weighted by atomic mass is 79.9. The van der Waals surface area contributed by atoms with Crippen molar-refractivity contribution in [3.05, 3.63) is 85.8 Å². The summed E-state index contributed by atoms with van der Waals surface area (Å²) < 4.78 is 12.6. The highest BCUT2D eigenvalue weighted by Gasteiger charge is 2.16. The quantitative estimate of drug-likeness (QED) is 0.385. The third-order valence-corrected chi connectivity index (χ3v) is 5.78. The maximum atomic E-state index is 6.28. The van der Waals surface area contributed by atoms with Crippen LogP contribution in [-0.2, 0) is 13.2 Å². The van der Waals surface area contributed by atoms with Gasteiger partial charge in [0.05, 0.1) is 7.11 Å². The summed E-state index contributed by atoms with van der Waals surface area (Å²) in [6.45, 7) is 2.86. The van der Waals surface area contributed by atoms with E-state index in [4.69, 9.17) is 32.7 Å². The lowest BCUT2D eigenvalue weighted by Crippen LogP contribution is -2.06. The minimum Gasteiger partial charge on any atom is -0.493 e. The second-order valence-corrected chi connectivity index (χ2v) is 7.93. The first-order valence-electron chi connectivity index (χ1n) is 8.71. The normalized spacial score (nSPS) is 10.6. The van der Waals surface area contributed by atoms with Gasteiger partial charge in [-0.2, -0.15) is 0 Å². The molecule has 6 heteroatoms. The van der Waals surface area contributed by atoms with Crippen LogP contribution in [0.5, 0.6) is 11.5 Å². The van der Waals surface area contributed by atoms with E-state index in [1.54, 1.807) is 19.2 Å². The minimum atomic E-state index is 0.239. The lowest BCUT2D eigenvalue weighted by Gasteiger charge is -2.18. The largest absolute Gasteiger partial charge is 0.493 e. The number of nitrogens with one attached hydrogen (secondary N) is 1. The van der Waals surface area contributed by atoms with E-state index in [-0.39, 0.29) is 6.61 Å². The number of rotatable bonds is 7. The second kappa shape index (κ2) is 9.55. The summed E-state index contributed by atoms with van der Waals surface area (Å²) in [5.74, 6) is 1.29. The minimum absolute atomic E-state index is 0.239. The molecule has 3 aromatic carbocycles. The van der Waals surface area contributed by atoms with E-state index in [0.717, 1.165) is 21.3 Å². The molecule has 0 saturated carbocycles. The third kappa shape index (κ3) is 4.93. The van der Waals surface area contributed by atoms with Crippen LogP contribution >= 0.6 is 39.1 Å². The van der Waals surface area contributed by atoms with Gasteiger partial charge < -0.3 is 14.8 Å². The van der Waals surface area contributed by atoms with E-state index < -0.39 is 0 Å². The molecule has 28 heavy (non-hydrogen) atoms. The van der Waals surface area contributed by atoms with E-state index in [9.17, 15) is 0 Å². The van der Waals surface area contributed by atoms with Crippen LogP contribution in [0, 0.1) is 6.92 Å². The first kappa shape index (κ1) is 20.8. The Bertz CT molecular complexity index is 941. The highest BCUT2D eigenvalue weighted by molar-refractivity contribution is 9.10. The molecule has 0 aliphatic heterocycles. The summed E-state index contributed by atoms with van der Waals surface area (Å²) in [6.07, 6.45) is 0. The molecular weight excluding hydrogens is 461 g/mol. The molecule has 0 heterocycles. The molecular formula is C22H20BrCl2NO2. The molecule has 0 aliphatic carbocycles. The number of hydrogen-bond acceptors (Lipinski definition) is 3. The Balaban J connectivity index is 1.86. The predicted molar refractivity (Wildman–Crippen MR) is 120 cm³/mol. The van der Waals surface area contributed by atoms with Crippen LogP contribution in [0.2, 0.25) is 10.0 Å². The molecule has 0 amide bonds. The lowest BCUT2D eigenvalue weighted by molar-refractivity contribution is 0.281. The topological polar surface area (TPSA) is 30.5 Å². The third-order valence-electron chi connectivity index (χ3n) is 4.33. The van der Waals surface area contributed by atoms with Gasteiger partial charge in [-0.3, -0.25) is 0 Å². The fourth-order valence-corrected chi connectivity index (χ4v) is 3.70. The van der Waals surface area contributed by atoms with Crippen molar-refractivity contribution >= 4 is 44.8 Å². The monoisotopic (exact) mass is 479 g/mol. The number of aryl methyl sites for hydroxylation is 1. The summed E-state index contributed by atoms with van der Waals surface area (Å²) in [7, 11) is 1.62. The van der Waals surface area contributed by atoms with Gasteiger partial charge in [0.25, 0.3) is 0 Å². The summed E-state index contributed by atoms with van der Waals surface area (Å²) in [6, 6.07) is 17.4. The Labute approximate surface area is 183 Å². The smallest absolute Gasteiger partial charge is 0.167 e. The second-order valence-electron chi connectivity index (χ2n) is 6.27. The summed E-state index contributed by atoms with van der Waals surface area (Å²) in [5.41, 5.74) is 3.93. The van der Waals surface area contributed by atoms with Gasteiger partial charge in [0.1, 0.15) is 6.61 Å². The molecule has 3 nitrogen and oxygen atoms in total. The SMILES string of the molecule is COc1ccc(Br)c(CNc2ccc(C)cc2)c1OCc1c(Cl)cccc1Cl. The lowest BCUT2D eigenvalue weighted by atomic mass is 10.1. The Morgan fingerprint density at radius 1 is 0.929 bits per heavy atom. The van der Waals surface area contributed by atoms with Crippen molar-refractivity contribution in [3.8, 4) is 11.5 Å². The summed E-state index contributed by atoms with van der Waals surface area (Å²) in [4.78, 5) is 0. The Hall–Kier alpha value is -1.88. The van der Waals surface area contributed by atoms with Crippen LogP contribution in [0.4, 0.5) is 5.69 Å². The van der Waals surface area contributed by atoms with Crippen LogP contribution in [0.3, 0.4) is 0 Å². The molecule has 1 N–H and O–H groups in total. The maximum absolute atomic E-state index is 6.28. The highest BCUT2D eigenvalue weighted by Crippen LogP contribution is 2.38.